The zero-order chi connectivity index (χ0) is 16.2. The van der Waals surface area contributed by atoms with E-state index in [1.165, 1.54) is 0 Å². The summed E-state index contributed by atoms with van der Waals surface area (Å²) < 4.78 is 25.2. The molecule has 2 aromatic rings. The fourth-order valence-electron chi connectivity index (χ4n) is 1.95. The molecule has 0 fully saturated rings. The van der Waals surface area contributed by atoms with Crippen molar-refractivity contribution in [3.63, 3.8) is 0 Å². The van der Waals surface area contributed by atoms with Crippen molar-refractivity contribution >= 4 is 38.6 Å². The molecule has 1 aromatic carbocycles. The Labute approximate surface area is 134 Å². The predicted octanol–water partition coefficient (Wildman–Crippen LogP) is 3.00. The molecule has 0 bridgehead atoms. The molecule has 2 rings (SSSR count). The summed E-state index contributed by atoms with van der Waals surface area (Å²) in [5.41, 5.74) is 1.78. The second-order valence-corrected chi connectivity index (χ2v) is 7.83. The molecule has 0 aliphatic rings. The number of nitrogens with one attached hydrogen (secondary N) is 2. The van der Waals surface area contributed by atoms with E-state index in [0.717, 1.165) is 16.7 Å². The standard InChI is InChI=1S/C15H18N2O3S2/c1-11-5-7-13(17-22(2,19)20)14(10-11)16-15(18)8-6-12-4-3-9-21-12/h3-5,7,9-10,17H,6,8H2,1-2H3,(H,16,18). The fourth-order valence-corrected chi connectivity index (χ4v) is 3.24. The van der Waals surface area contributed by atoms with Crippen molar-refractivity contribution in [3.05, 3.63) is 46.2 Å². The maximum absolute atomic E-state index is 12.1. The van der Waals surface area contributed by atoms with Crippen LogP contribution < -0.4 is 10.0 Å². The molecule has 0 radical (unpaired) electrons. The largest absolute Gasteiger partial charge is 0.324 e. The van der Waals surface area contributed by atoms with Crippen LogP contribution >= 0.6 is 11.3 Å². The van der Waals surface area contributed by atoms with E-state index in [-0.39, 0.29) is 5.91 Å². The Kier molecular flexibility index (Phi) is 5.20. The lowest BCUT2D eigenvalue weighted by Crippen LogP contribution is -2.16. The Hall–Kier alpha value is -1.86. The molecule has 0 aliphatic carbocycles. The van der Waals surface area contributed by atoms with E-state index in [1.807, 2.05) is 24.4 Å². The first-order valence-electron chi connectivity index (χ1n) is 6.74. The van der Waals surface area contributed by atoms with Gasteiger partial charge in [0.2, 0.25) is 15.9 Å². The number of aryl methyl sites for hydroxylation is 2. The quantitative estimate of drug-likeness (QED) is 0.850. The molecule has 0 atom stereocenters. The van der Waals surface area contributed by atoms with Gasteiger partial charge in [-0.2, -0.15) is 0 Å². The van der Waals surface area contributed by atoms with E-state index in [1.54, 1.807) is 29.5 Å². The number of sulfonamides is 1. The molecule has 7 heteroatoms. The molecule has 1 aromatic heterocycles. The summed E-state index contributed by atoms with van der Waals surface area (Å²) in [7, 11) is -3.40. The molecule has 1 amide bonds. The highest BCUT2D eigenvalue weighted by atomic mass is 32.2. The van der Waals surface area contributed by atoms with Crippen molar-refractivity contribution < 1.29 is 13.2 Å². The van der Waals surface area contributed by atoms with Crippen LogP contribution in [-0.2, 0) is 21.2 Å². The number of thiophene rings is 1. The first kappa shape index (κ1) is 16.5. The average Bonchev–Trinajstić information content (AvgIpc) is 2.91. The van der Waals surface area contributed by atoms with Crippen LogP contribution in [-0.4, -0.2) is 20.6 Å². The van der Waals surface area contributed by atoms with Gasteiger partial charge in [-0.25, -0.2) is 8.42 Å². The molecule has 0 aliphatic heterocycles. The Bertz CT molecular complexity index is 753. The molecule has 0 saturated heterocycles. The van der Waals surface area contributed by atoms with Crippen molar-refractivity contribution in [1.82, 2.24) is 0 Å². The smallest absolute Gasteiger partial charge is 0.229 e. The average molecular weight is 338 g/mol. The summed E-state index contributed by atoms with van der Waals surface area (Å²) in [5.74, 6) is -0.143. The van der Waals surface area contributed by atoms with Gasteiger partial charge in [-0.3, -0.25) is 9.52 Å². The lowest BCUT2D eigenvalue weighted by atomic mass is 10.2. The highest BCUT2D eigenvalue weighted by Gasteiger charge is 2.11. The van der Waals surface area contributed by atoms with Crippen molar-refractivity contribution in [2.75, 3.05) is 16.3 Å². The van der Waals surface area contributed by atoms with E-state index < -0.39 is 10.0 Å². The van der Waals surface area contributed by atoms with E-state index in [4.69, 9.17) is 0 Å². The summed E-state index contributed by atoms with van der Waals surface area (Å²) in [6.45, 7) is 1.88. The van der Waals surface area contributed by atoms with Gasteiger partial charge in [0.05, 0.1) is 17.6 Å². The second-order valence-electron chi connectivity index (χ2n) is 5.05. The van der Waals surface area contributed by atoms with Gasteiger partial charge in [0.1, 0.15) is 0 Å². The third kappa shape index (κ3) is 5.16. The maximum atomic E-state index is 12.1. The maximum Gasteiger partial charge on any atom is 0.229 e. The van der Waals surface area contributed by atoms with Crippen LogP contribution in [0.1, 0.15) is 16.9 Å². The van der Waals surface area contributed by atoms with E-state index in [9.17, 15) is 13.2 Å². The molecule has 0 spiro atoms. The van der Waals surface area contributed by atoms with Gasteiger partial charge < -0.3 is 5.32 Å². The van der Waals surface area contributed by atoms with Crippen LogP contribution in [0.15, 0.2) is 35.7 Å². The van der Waals surface area contributed by atoms with Crippen LogP contribution in [0.5, 0.6) is 0 Å². The van der Waals surface area contributed by atoms with E-state index in [0.29, 0.717) is 24.2 Å². The van der Waals surface area contributed by atoms with Crippen molar-refractivity contribution in [1.29, 1.82) is 0 Å². The Morgan fingerprint density at radius 3 is 2.64 bits per heavy atom. The molecule has 5 nitrogen and oxygen atoms in total. The molecule has 22 heavy (non-hydrogen) atoms. The van der Waals surface area contributed by atoms with Gasteiger partial charge in [0.15, 0.2) is 0 Å². The molecular formula is C15H18N2O3S2. The number of carbonyl (C=O) groups is 1. The summed E-state index contributed by atoms with van der Waals surface area (Å²) in [6, 6.07) is 9.12. The summed E-state index contributed by atoms with van der Waals surface area (Å²) >= 11 is 1.61. The normalized spacial score (nSPS) is 11.2. The zero-order valence-corrected chi connectivity index (χ0v) is 14.1. The zero-order valence-electron chi connectivity index (χ0n) is 12.4. The Morgan fingerprint density at radius 1 is 1.23 bits per heavy atom. The number of hydrogen-bond donors (Lipinski definition) is 2. The number of rotatable bonds is 6. The predicted molar refractivity (Wildman–Crippen MR) is 90.9 cm³/mol. The molecule has 1 heterocycles. The van der Waals surface area contributed by atoms with Crippen LogP contribution in [0, 0.1) is 6.92 Å². The first-order chi connectivity index (χ1) is 10.3. The highest BCUT2D eigenvalue weighted by Crippen LogP contribution is 2.24. The Balaban J connectivity index is 2.07. The van der Waals surface area contributed by atoms with E-state index >= 15 is 0 Å². The summed E-state index contributed by atoms with van der Waals surface area (Å²) in [4.78, 5) is 13.2. The molecule has 0 saturated carbocycles. The summed E-state index contributed by atoms with van der Waals surface area (Å²) in [5, 5.41) is 4.75. The monoisotopic (exact) mass is 338 g/mol. The van der Waals surface area contributed by atoms with Gasteiger partial charge in [-0.1, -0.05) is 12.1 Å². The number of benzene rings is 1. The van der Waals surface area contributed by atoms with Gasteiger partial charge in [0, 0.05) is 11.3 Å². The number of anilines is 2. The molecule has 2 N–H and O–H groups in total. The molecule has 0 unspecified atom stereocenters. The highest BCUT2D eigenvalue weighted by molar-refractivity contribution is 7.92. The van der Waals surface area contributed by atoms with Crippen LogP contribution in [0.25, 0.3) is 0 Å². The minimum atomic E-state index is -3.40. The first-order valence-corrected chi connectivity index (χ1v) is 9.51. The number of amides is 1. The van der Waals surface area contributed by atoms with Gasteiger partial charge in [-0.05, 0) is 42.5 Å². The van der Waals surface area contributed by atoms with Crippen molar-refractivity contribution in [3.8, 4) is 0 Å². The minimum absolute atomic E-state index is 0.143. The molecular weight excluding hydrogens is 320 g/mol. The third-order valence-electron chi connectivity index (χ3n) is 2.92. The van der Waals surface area contributed by atoms with E-state index in [2.05, 4.69) is 10.0 Å². The van der Waals surface area contributed by atoms with Gasteiger partial charge in [0.25, 0.3) is 0 Å². The van der Waals surface area contributed by atoms with Crippen LogP contribution in [0.2, 0.25) is 0 Å². The van der Waals surface area contributed by atoms with Crippen molar-refractivity contribution in [2.45, 2.75) is 19.8 Å². The number of hydrogen-bond acceptors (Lipinski definition) is 4. The lowest BCUT2D eigenvalue weighted by Gasteiger charge is -2.13. The lowest BCUT2D eigenvalue weighted by molar-refractivity contribution is -0.116. The second kappa shape index (κ2) is 6.93. The SMILES string of the molecule is Cc1ccc(NS(C)(=O)=O)c(NC(=O)CCc2cccs2)c1. The minimum Gasteiger partial charge on any atom is -0.324 e. The van der Waals surface area contributed by atoms with Crippen LogP contribution in [0.3, 0.4) is 0 Å². The van der Waals surface area contributed by atoms with Crippen LogP contribution in [0.4, 0.5) is 11.4 Å². The third-order valence-corrected chi connectivity index (χ3v) is 4.45. The molecule has 118 valence electrons. The topological polar surface area (TPSA) is 75.3 Å². The van der Waals surface area contributed by atoms with Gasteiger partial charge in [-0.15, -0.1) is 11.3 Å². The summed E-state index contributed by atoms with van der Waals surface area (Å²) in [6.07, 6.45) is 2.10. The fraction of sp³-hybridized carbons (Fsp3) is 0.267. The number of carbonyl (C=O) groups excluding carboxylic acids is 1. The van der Waals surface area contributed by atoms with Crippen molar-refractivity contribution in [2.24, 2.45) is 0 Å². The Morgan fingerprint density at radius 2 is 2.00 bits per heavy atom. The van der Waals surface area contributed by atoms with Gasteiger partial charge >= 0.3 is 0 Å².